The first kappa shape index (κ1) is 14.8. The van der Waals surface area contributed by atoms with Gasteiger partial charge in [0.1, 0.15) is 5.75 Å². The first-order valence-electron chi connectivity index (χ1n) is 6.64. The second kappa shape index (κ2) is 6.73. The standard InChI is InChI=1S/C16H19ClN2O/c1-11(2)20-15-8-13(9-19-10-15)16(18-3)12-5-4-6-14(17)7-12/h4-11,16,18H,1-3H3. The minimum absolute atomic E-state index is 0.0388. The highest BCUT2D eigenvalue weighted by Gasteiger charge is 2.13. The van der Waals surface area contributed by atoms with E-state index in [-0.39, 0.29) is 12.1 Å². The van der Waals surface area contributed by atoms with Crippen molar-refractivity contribution in [3.63, 3.8) is 0 Å². The number of aromatic nitrogens is 1. The van der Waals surface area contributed by atoms with E-state index in [1.807, 2.05) is 57.4 Å². The van der Waals surface area contributed by atoms with Gasteiger partial charge in [-0.3, -0.25) is 4.98 Å². The Morgan fingerprint density at radius 3 is 2.60 bits per heavy atom. The van der Waals surface area contributed by atoms with Gasteiger partial charge in [0.15, 0.2) is 0 Å². The molecule has 0 radical (unpaired) electrons. The van der Waals surface area contributed by atoms with E-state index in [1.165, 1.54) is 0 Å². The predicted molar refractivity (Wildman–Crippen MR) is 82.4 cm³/mol. The fourth-order valence-corrected chi connectivity index (χ4v) is 2.34. The third kappa shape index (κ3) is 3.71. The summed E-state index contributed by atoms with van der Waals surface area (Å²) in [5.41, 5.74) is 2.15. The van der Waals surface area contributed by atoms with Gasteiger partial charge in [0.2, 0.25) is 0 Å². The number of pyridine rings is 1. The zero-order chi connectivity index (χ0) is 14.5. The van der Waals surface area contributed by atoms with Crippen LogP contribution in [0.25, 0.3) is 0 Å². The summed E-state index contributed by atoms with van der Waals surface area (Å²) in [5.74, 6) is 0.778. The van der Waals surface area contributed by atoms with E-state index in [9.17, 15) is 0 Å². The molecule has 0 aliphatic rings. The van der Waals surface area contributed by atoms with Crippen molar-refractivity contribution in [2.75, 3.05) is 7.05 Å². The Morgan fingerprint density at radius 1 is 1.15 bits per heavy atom. The molecule has 1 atom stereocenters. The third-order valence-electron chi connectivity index (χ3n) is 2.91. The van der Waals surface area contributed by atoms with E-state index in [2.05, 4.69) is 10.3 Å². The number of hydrogen-bond acceptors (Lipinski definition) is 3. The summed E-state index contributed by atoms with van der Waals surface area (Å²) < 4.78 is 5.69. The Bertz CT molecular complexity index is 572. The molecule has 1 N–H and O–H groups in total. The fourth-order valence-electron chi connectivity index (χ4n) is 2.14. The van der Waals surface area contributed by atoms with Crippen LogP contribution in [-0.4, -0.2) is 18.1 Å². The summed E-state index contributed by atoms with van der Waals surface area (Å²) in [6.07, 6.45) is 3.70. The van der Waals surface area contributed by atoms with Crippen molar-refractivity contribution in [1.29, 1.82) is 0 Å². The number of nitrogens with one attached hydrogen (secondary N) is 1. The van der Waals surface area contributed by atoms with Gasteiger partial charge in [-0.15, -0.1) is 0 Å². The lowest BCUT2D eigenvalue weighted by Gasteiger charge is -2.18. The summed E-state index contributed by atoms with van der Waals surface area (Å²) in [6, 6.07) is 9.87. The van der Waals surface area contributed by atoms with Crippen LogP contribution in [0.5, 0.6) is 5.75 Å². The largest absolute Gasteiger partial charge is 0.489 e. The molecule has 2 aromatic rings. The highest BCUT2D eigenvalue weighted by molar-refractivity contribution is 6.30. The number of rotatable bonds is 5. The second-order valence-electron chi connectivity index (χ2n) is 4.90. The SMILES string of the molecule is CNC(c1cccc(Cl)c1)c1cncc(OC(C)C)c1. The van der Waals surface area contributed by atoms with E-state index in [1.54, 1.807) is 6.20 Å². The number of hydrogen-bond donors (Lipinski definition) is 1. The topological polar surface area (TPSA) is 34.2 Å². The molecule has 20 heavy (non-hydrogen) atoms. The van der Waals surface area contributed by atoms with Crippen LogP contribution < -0.4 is 10.1 Å². The predicted octanol–water partition coefficient (Wildman–Crippen LogP) is 3.83. The first-order chi connectivity index (χ1) is 9.60. The molecule has 2 rings (SSSR count). The van der Waals surface area contributed by atoms with Gasteiger partial charge in [-0.05, 0) is 50.2 Å². The quantitative estimate of drug-likeness (QED) is 0.909. The van der Waals surface area contributed by atoms with Gasteiger partial charge in [0.05, 0.1) is 18.3 Å². The molecule has 0 saturated carbocycles. The first-order valence-corrected chi connectivity index (χ1v) is 7.02. The lowest BCUT2D eigenvalue weighted by atomic mass is 10.0. The van der Waals surface area contributed by atoms with Crippen molar-refractivity contribution in [1.82, 2.24) is 10.3 Å². The molecule has 0 spiro atoms. The molecular weight excluding hydrogens is 272 g/mol. The Labute approximate surface area is 124 Å². The maximum atomic E-state index is 6.07. The molecule has 1 aromatic heterocycles. The Balaban J connectivity index is 2.32. The summed E-state index contributed by atoms with van der Waals surface area (Å²) >= 11 is 6.07. The average molecular weight is 291 g/mol. The third-order valence-corrected chi connectivity index (χ3v) is 3.15. The molecular formula is C16H19ClN2O. The number of ether oxygens (including phenoxy) is 1. The maximum absolute atomic E-state index is 6.07. The minimum atomic E-state index is 0.0388. The molecule has 3 nitrogen and oxygen atoms in total. The highest BCUT2D eigenvalue weighted by Crippen LogP contribution is 2.26. The lowest BCUT2D eigenvalue weighted by Crippen LogP contribution is -2.18. The van der Waals surface area contributed by atoms with E-state index in [4.69, 9.17) is 16.3 Å². The van der Waals surface area contributed by atoms with Crippen LogP contribution in [0.3, 0.4) is 0 Å². The zero-order valence-electron chi connectivity index (χ0n) is 11.9. The van der Waals surface area contributed by atoms with Gasteiger partial charge < -0.3 is 10.1 Å². The molecule has 0 aliphatic carbocycles. The molecule has 0 bridgehead atoms. The van der Waals surface area contributed by atoms with Crippen LogP contribution in [0, 0.1) is 0 Å². The van der Waals surface area contributed by atoms with Crippen LogP contribution in [0.1, 0.15) is 31.0 Å². The van der Waals surface area contributed by atoms with Crippen LogP contribution in [0.15, 0.2) is 42.7 Å². The minimum Gasteiger partial charge on any atom is -0.489 e. The van der Waals surface area contributed by atoms with Crippen molar-refractivity contribution < 1.29 is 4.74 Å². The van der Waals surface area contributed by atoms with Gasteiger partial charge in [0, 0.05) is 11.2 Å². The fraction of sp³-hybridized carbons (Fsp3) is 0.312. The molecule has 0 fully saturated rings. The van der Waals surface area contributed by atoms with Gasteiger partial charge >= 0.3 is 0 Å². The summed E-state index contributed by atoms with van der Waals surface area (Å²) in [4.78, 5) is 4.26. The summed E-state index contributed by atoms with van der Waals surface area (Å²) in [7, 11) is 1.92. The van der Waals surface area contributed by atoms with Crippen molar-refractivity contribution >= 4 is 11.6 Å². The maximum Gasteiger partial charge on any atom is 0.138 e. The monoisotopic (exact) mass is 290 g/mol. The molecule has 1 unspecified atom stereocenters. The van der Waals surface area contributed by atoms with E-state index in [0.717, 1.165) is 21.9 Å². The number of halogens is 1. The smallest absolute Gasteiger partial charge is 0.138 e. The molecule has 0 saturated heterocycles. The molecule has 1 heterocycles. The van der Waals surface area contributed by atoms with Crippen LogP contribution in [0.4, 0.5) is 0 Å². The van der Waals surface area contributed by atoms with Crippen LogP contribution in [0.2, 0.25) is 5.02 Å². The van der Waals surface area contributed by atoms with Crippen molar-refractivity contribution in [2.45, 2.75) is 26.0 Å². The van der Waals surface area contributed by atoms with Crippen molar-refractivity contribution in [3.05, 3.63) is 58.9 Å². The molecule has 4 heteroatoms. The zero-order valence-corrected chi connectivity index (χ0v) is 12.7. The van der Waals surface area contributed by atoms with E-state index >= 15 is 0 Å². The summed E-state index contributed by atoms with van der Waals surface area (Å²) in [6.45, 7) is 4.00. The number of nitrogens with zero attached hydrogens (tertiary/aromatic N) is 1. The average Bonchev–Trinajstić information content (AvgIpc) is 2.39. The Hall–Kier alpha value is -1.58. The van der Waals surface area contributed by atoms with Gasteiger partial charge in [-0.25, -0.2) is 0 Å². The van der Waals surface area contributed by atoms with Crippen molar-refractivity contribution in [3.8, 4) is 5.75 Å². The normalized spacial score (nSPS) is 12.4. The van der Waals surface area contributed by atoms with Crippen LogP contribution >= 0.6 is 11.6 Å². The Kier molecular flexibility index (Phi) is 4.99. The van der Waals surface area contributed by atoms with Crippen molar-refractivity contribution in [2.24, 2.45) is 0 Å². The van der Waals surface area contributed by atoms with E-state index in [0.29, 0.717) is 0 Å². The summed E-state index contributed by atoms with van der Waals surface area (Å²) in [5, 5.41) is 4.02. The molecule has 1 aromatic carbocycles. The molecule has 106 valence electrons. The second-order valence-corrected chi connectivity index (χ2v) is 5.33. The van der Waals surface area contributed by atoms with Gasteiger partial charge in [0.25, 0.3) is 0 Å². The van der Waals surface area contributed by atoms with Gasteiger partial charge in [-0.2, -0.15) is 0 Å². The van der Waals surface area contributed by atoms with Gasteiger partial charge in [-0.1, -0.05) is 23.7 Å². The number of benzene rings is 1. The lowest BCUT2D eigenvalue weighted by molar-refractivity contribution is 0.241. The Morgan fingerprint density at radius 2 is 1.95 bits per heavy atom. The van der Waals surface area contributed by atoms with E-state index < -0.39 is 0 Å². The molecule has 0 aliphatic heterocycles. The highest BCUT2D eigenvalue weighted by atomic mass is 35.5. The molecule has 0 amide bonds. The van der Waals surface area contributed by atoms with Crippen LogP contribution in [-0.2, 0) is 0 Å².